The van der Waals surface area contributed by atoms with E-state index in [-0.39, 0.29) is 17.5 Å². The molecule has 1 aromatic carbocycles. The Bertz CT molecular complexity index is 681. The first kappa shape index (κ1) is 13.0. The lowest BCUT2D eigenvalue weighted by atomic mass is 10.2. The Kier molecular flexibility index (Phi) is 3.40. The van der Waals surface area contributed by atoms with Crippen molar-refractivity contribution in [1.82, 2.24) is 10.1 Å². The monoisotopic (exact) mass is 331 g/mol. The Hall–Kier alpha value is -1.41. The molecule has 18 heavy (non-hydrogen) atoms. The van der Waals surface area contributed by atoms with Crippen LogP contribution in [-0.2, 0) is 15.6 Å². The van der Waals surface area contributed by atoms with E-state index in [1.807, 2.05) is 0 Å². The van der Waals surface area contributed by atoms with Gasteiger partial charge in [0.1, 0.15) is 5.75 Å². The van der Waals surface area contributed by atoms with Crippen molar-refractivity contribution in [1.29, 1.82) is 0 Å². The third-order valence-electron chi connectivity index (χ3n) is 2.10. The fourth-order valence-electron chi connectivity index (χ4n) is 1.38. The van der Waals surface area contributed by atoms with Gasteiger partial charge < -0.3 is 10.3 Å². The highest BCUT2D eigenvalue weighted by Gasteiger charge is 2.15. The number of nitrogens with zero attached hydrogens (tertiary/aromatic N) is 2. The molecule has 0 spiro atoms. The number of hydrogen-bond donors (Lipinski definition) is 1. The highest BCUT2D eigenvalue weighted by molar-refractivity contribution is 9.10. The van der Waals surface area contributed by atoms with E-state index in [0.29, 0.717) is 11.3 Å². The minimum absolute atomic E-state index is 0.120. The first-order valence-electron chi connectivity index (χ1n) is 4.91. The minimum atomic E-state index is -3.19. The van der Waals surface area contributed by atoms with Crippen LogP contribution in [0, 0.1) is 0 Å². The van der Waals surface area contributed by atoms with Gasteiger partial charge >= 0.3 is 0 Å². The maximum absolute atomic E-state index is 11.1. The third-order valence-corrected chi connectivity index (χ3v) is 3.38. The topological polar surface area (TPSA) is 99.1 Å². The molecular formula is C10H10BrN3O3S. The molecule has 0 fully saturated rings. The minimum Gasteiger partial charge on any atom is -0.398 e. The Balaban J connectivity index is 2.35. The van der Waals surface area contributed by atoms with Gasteiger partial charge in [0, 0.05) is 16.4 Å². The van der Waals surface area contributed by atoms with Crippen LogP contribution in [0.4, 0.5) is 5.69 Å². The van der Waals surface area contributed by atoms with Crippen LogP contribution in [-0.4, -0.2) is 24.8 Å². The molecule has 0 aliphatic heterocycles. The van der Waals surface area contributed by atoms with Crippen molar-refractivity contribution in [2.45, 2.75) is 5.75 Å². The fraction of sp³-hybridized carbons (Fsp3) is 0.200. The molecule has 0 bridgehead atoms. The zero-order chi connectivity index (χ0) is 13.3. The van der Waals surface area contributed by atoms with E-state index in [0.717, 1.165) is 10.7 Å². The number of halogens is 1. The number of sulfone groups is 1. The summed E-state index contributed by atoms with van der Waals surface area (Å²) < 4.78 is 28.0. The van der Waals surface area contributed by atoms with E-state index < -0.39 is 9.84 Å². The normalized spacial score (nSPS) is 11.7. The van der Waals surface area contributed by atoms with Crippen molar-refractivity contribution in [3.63, 3.8) is 0 Å². The molecule has 0 atom stereocenters. The fourth-order valence-corrected chi connectivity index (χ4v) is 2.35. The smallest absolute Gasteiger partial charge is 0.260 e. The maximum Gasteiger partial charge on any atom is 0.260 e. The summed E-state index contributed by atoms with van der Waals surface area (Å²) in [6, 6.07) is 5.21. The summed E-state index contributed by atoms with van der Waals surface area (Å²) in [7, 11) is -3.19. The van der Waals surface area contributed by atoms with Crippen molar-refractivity contribution in [2.75, 3.05) is 12.0 Å². The van der Waals surface area contributed by atoms with E-state index in [9.17, 15) is 8.42 Å². The summed E-state index contributed by atoms with van der Waals surface area (Å²) in [6.07, 6.45) is 1.11. The molecule has 8 heteroatoms. The predicted octanol–water partition coefficient (Wildman–Crippen LogP) is 1.63. The highest BCUT2D eigenvalue weighted by Crippen LogP contribution is 2.27. The molecule has 0 saturated heterocycles. The molecule has 2 aromatic rings. The van der Waals surface area contributed by atoms with Crippen LogP contribution in [0.3, 0.4) is 0 Å². The zero-order valence-corrected chi connectivity index (χ0v) is 11.8. The van der Waals surface area contributed by atoms with E-state index in [1.165, 1.54) is 0 Å². The largest absolute Gasteiger partial charge is 0.398 e. The molecule has 0 aliphatic carbocycles. The maximum atomic E-state index is 11.1. The van der Waals surface area contributed by atoms with Crippen molar-refractivity contribution in [3.8, 4) is 11.5 Å². The zero-order valence-electron chi connectivity index (χ0n) is 9.42. The van der Waals surface area contributed by atoms with E-state index in [2.05, 4.69) is 26.1 Å². The first-order chi connectivity index (χ1) is 8.35. The molecule has 0 unspecified atom stereocenters. The molecule has 6 nitrogen and oxygen atoms in total. The van der Waals surface area contributed by atoms with Gasteiger partial charge in [-0.05, 0) is 18.2 Å². The summed E-state index contributed by atoms with van der Waals surface area (Å²) in [5.74, 6) is 0.0703. The van der Waals surface area contributed by atoms with Crippen molar-refractivity contribution >= 4 is 31.5 Å². The van der Waals surface area contributed by atoms with E-state index >= 15 is 0 Å². The Labute approximate surface area is 112 Å². The number of nitrogens with two attached hydrogens (primary N) is 1. The second kappa shape index (κ2) is 4.69. The van der Waals surface area contributed by atoms with Gasteiger partial charge in [-0.15, -0.1) is 0 Å². The first-order valence-corrected chi connectivity index (χ1v) is 7.76. The average molecular weight is 332 g/mol. The van der Waals surface area contributed by atoms with Crippen LogP contribution >= 0.6 is 15.9 Å². The van der Waals surface area contributed by atoms with Crippen LogP contribution in [0.25, 0.3) is 11.5 Å². The van der Waals surface area contributed by atoms with Gasteiger partial charge in [0.2, 0.25) is 0 Å². The lowest BCUT2D eigenvalue weighted by Crippen LogP contribution is -2.02. The average Bonchev–Trinajstić information content (AvgIpc) is 2.63. The number of aromatic nitrogens is 2. The van der Waals surface area contributed by atoms with Gasteiger partial charge in [0.25, 0.3) is 5.89 Å². The van der Waals surface area contributed by atoms with Gasteiger partial charge in [-0.25, -0.2) is 8.42 Å². The standard InChI is InChI=1S/C10H10BrN3O3S/c1-18(15,16)5-9-13-10(17-14-9)7-3-2-6(11)4-8(7)12/h2-4H,5,12H2,1H3. The van der Waals surface area contributed by atoms with Crippen LogP contribution in [0.5, 0.6) is 0 Å². The SMILES string of the molecule is CS(=O)(=O)Cc1noc(-c2ccc(Br)cc2N)n1. The van der Waals surface area contributed by atoms with Crippen LogP contribution in [0.1, 0.15) is 5.82 Å². The van der Waals surface area contributed by atoms with E-state index in [4.69, 9.17) is 10.3 Å². The molecule has 0 amide bonds. The van der Waals surface area contributed by atoms with E-state index in [1.54, 1.807) is 18.2 Å². The van der Waals surface area contributed by atoms with Crippen LogP contribution in [0.15, 0.2) is 27.2 Å². The number of rotatable bonds is 3. The number of hydrogen-bond acceptors (Lipinski definition) is 6. The predicted molar refractivity (Wildman–Crippen MR) is 70.4 cm³/mol. The Morgan fingerprint density at radius 1 is 1.44 bits per heavy atom. The summed E-state index contributed by atoms with van der Waals surface area (Å²) >= 11 is 3.29. The quantitative estimate of drug-likeness (QED) is 0.858. The lowest BCUT2D eigenvalue weighted by Gasteiger charge is -2.00. The summed E-state index contributed by atoms with van der Waals surface area (Å²) in [6.45, 7) is 0. The summed E-state index contributed by atoms with van der Waals surface area (Å²) in [5.41, 5.74) is 6.86. The molecule has 0 aliphatic rings. The van der Waals surface area contributed by atoms with Crippen molar-refractivity contribution < 1.29 is 12.9 Å². The second-order valence-electron chi connectivity index (χ2n) is 3.82. The number of benzene rings is 1. The van der Waals surface area contributed by atoms with Gasteiger partial charge in [0.05, 0.1) is 5.56 Å². The Morgan fingerprint density at radius 2 is 2.17 bits per heavy atom. The molecule has 1 heterocycles. The molecule has 0 saturated carbocycles. The molecule has 96 valence electrons. The van der Waals surface area contributed by atoms with Crippen LogP contribution < -0.4 is 5.73 Å². The van der Waals surface area contributed by atoms with Crippen LogP contribution in [0.2, 0.25) is 0 Å². The molecular weight excluding hydrogens is 322 g/mol. The second-order valence-corrected chi connectivity index (χ2v) is 6.87. The molecule has 2 N–H and O–H groups in total. The highest BCUT2D eigenvalue weighted by atomic mass is 79.9. The van der Waals surface area contributed by atoms with Crippen molar-refractivity contribution in [3.05, 3.63) is 28.5 Å². The van der Waals surface area contributed by atoms with Gasteiger partial charge in [-0.2, -0.15) is 4.98 Å². The molecule has 0 radical (unpaired) electrons. The number of nitrogen functional groups attached to an aromatic ring is 1. The number of anilines is 1. The van der Waals surface area contributed by atoms with Gasteiger partial charge in [0.15, 0.2) is 15.7 Å². The third kappa shape index (κ3) is 3.08. The lowest BCUT2D eigenvalue weighted by molar-refractivity contribution is 0.424. The van der Waals surface area contributed by atoms with Gasteiger partial charge in [-0.1, -0.05) is 21.1 Å². The molecule has 1 aromatic heterocycles. The van der Waals surface area contributed by atoms with Crippen molar-refractivity contribution in [2.24, 2.45) is 0 Å². The van der Waals surface area contributed by atoms with Gasteiger partial charge in [-0.3, -0.25) is 0 Å². The summed E-state index contributed by atoms with van der Waals surface area (Å²) in [5, 5.41) is 3.61. The summed E-state index contributed by atoms with van der Waals surface area (Å²) in [4.78, 5) is 4.00. The molecule has 2 rings (SSSR count). The Morgan fingerprint density at radius 3 is 2.78 bits per heavy atom.